The maximum absolute atomic E-state index is 8.65. The van der Waals surface area contributed by atoms with Gasteiger partial charge in [-0.2, -0.15) is 0 Å². The molecule has 0 unspecified atom stereocenters. The van der Waals surface area contributed by atoms with Crippen LogP contribution < -0.4 is 0 Å². The maximum Gasteiger partial charge on any atom is 0.0558 e. The maximum atomic E-state index is 8.65. The lowest BCUT2D eigenvalue weighted by Gasteiger charge is -2.18. The first-order chi connectivity index (χ1) is 7.26. The van der Waals surface area contributed by atoms with E-state index in [1.165, 1.54) is 19.3 Å². The van der Waals surface area contributed by atoms with Crippen molar-refractivity contribution in [3.63, 3.8) is 0 Å². The van der Waals surface area contributed by atoms with Crippen LogP contribution in [0.1, 0.15) is 60.8 Å². The molecule has 0 aromatic rings. The summed E-state index contributed by atoms with van der Waals surface area (Å²) < 4.78 is 0. The first-order valence-corrected chi connectivity index (χ1v) is 6.59. The predicted molar refractivity (Wildman–Crippen MR) is 71.4 cm³/mol. The normalized spacial score (nSPS) is 8.80. The molecule has 0 fully saturated rings. The second-order valence-electron chi connectivity index (χ2n) is 3.27. The molecule has 0 spiro atoms. The van der Waals surface area contributed by atoms with Gasteiger partial charge in [0.25, 0.3) is 0 Å². The van der Waals surface area contributed by atoms with E-state index in [1.54, 1.807) is 0 Å². The van der Waals surface area contributed by atoms with Crippen LogP contribution in [-0.4, -0.2) is 36.2 Å². The van der Waals surface area contributed by atoms with Crippen molar-refractivity contribution in [1.29, 1.82) is 0 Å². The Morgan fingerprint density at radius 2 is 1.13 bits per heavy atom. The molecule has 0 atom stereocenters. The summed E-state index contributed by atoms with van der Waals surface area (Å²) in [7, 11) is 0. The molecule has 0 amide bonds. The quantitative estimate of drug-likeness (QED) is 0.738. The smallest absolute Gasteiger partial charge is 0.0558 e. The highest BCUT2D eigenvalue weighted by atomic mass is 16.3. The Morgan fingerprint density at radius 1 is 0.800 bits per heavy atom. The van der Waals surface area contributed by atoms with Crippen LogP contribution >= 0.6 is 0 Å². The van der Waals surface area contributed by atoms with Gasteiger partial charge in [0.05, 0.1) is 6.61 Å². The van der Waals surface area contributed by atoms with Gasteiger partial charge in [-0.3, -0.25) is 0 Å². The third kappa shape index (κ3) is 24.9. The van der Waals surface area contributed by atoms with Crippen molar-refractivity contribution < 1.29 is 5.11 Å². The van der Waals surface area contributed by atoms with E-state index in [0.29, 0.717) is 6.61 Å². The molecule has 96 valence electrons. The zero-order valence-electron chi connectivity index (χ0n) is 11.8. The molecular weight excluding hydrogens is 186 g/mol. The molecule has 1 N–H and O–H groups in total. The minimum Gasteiger partial charge on any atom is -0.395 e. The lowest BCUT2D eigenvalue weighted by atomic mass is 10.3. The van der Waals surface area contributed by atoms with Crippen molar-refractivity contribution in [2.75, 3.05) is 26.2 Å². The number of hydrogen-bond acceptors (Lipinski definition) is 2. The Hall–Kier alpha value is -0.0800. The van der Waals surface area contributed by atoms with E-state index in [-0.39, 0.29) is 0 Å². The fourth-order valence-electron chi connectivity index (χ4n) is 1.11. The first kappa shape index (κ1) is 20.3. The van der Waals surface area contributed by atoms with Crippen molar-refractivity contribution in [2.45, 2.75) is 60.8 Å². The van der Waals surface area contributed by atoms with Gasteiger partial charge in [-0.25, -0.2) is 0 Å². The second kappa shape index (κ2) is 23.6. The largest absolute Gasteiger partial charge is 0.395 e. The van der Waals surface area contributed by atoms with Gasteiger partial charge in [0.2, 0.25) is 0 Å². The van der Waals surface area contributed by atoms with E-state index < -0.39 is 0 Å². The van der Waals surface area contributed by atoms with E-state index in [0.717, 1.165) is 19.6 Å². The number of hydrogen-bond donors (Lipinski definition) is 1. The van der Waals surface area contributed by atoms with E-state index in [2.05, 4.69) is 32.6 Å². The first-order valence-electron chi connectivity index (χ1n) is 6.59. The number of rotatable bonds is 6. The molecule has 0 saturated carbocycles. The molecule has 2 nitrogen and oxygen atoms in total. The van der Waals surface area contributed by atoms with Crippen LogP contribution in [0.3, 0.4) is 0 Å². The lowest BCUT2D eigenvalue weighted by molar-refractivity contribution is 0.196. The van der Waals surface area contributed by atoms with Crippen molar-refractivity contribution in [3.8, 4) is 0 Å². The average molecular weight is 219 g/mol. The number of aliphatic hydroxyl groups is 1. The minimum atomic E-state index is 0.292. The third-order valence-electron chi connectivity index (χ3n) is 1.50. The molecule has 0 aliphatic heterocycles. The monoisotopic (exact) mass is 219 g/mol. The standard InChI is InChI=1S/C8H19NO.C3H8.C2H6/c1-3-5-9(6-4-2)7-8-10;1-3-2;1-2/h10H,3-8H2,1-2H3;3H2,1-2H3;1-2H3. The molecule has 0 aromatic carbocycles. The number of nitrogens with zero attached hydrogens (tertiary/aromatic N) is 1. The van der Waals surface area contributed by atoms with Gasteiger partial charge < -0.3 is 10.0 Å². The van der Waals surface area contributed by atoms with Gasteiger partial charge in [-0.15, -0.1) is 0 Å². The van der Waals surface area contributed by atoms with Crippen LogP contribution in [0.25, 0.3) is 0 Å². The van der Waals surface area contributed by atoms with E-state index in [9.17, 15) is 0 Å². The highest BCUT2D eigenvalue weighted by Crippen LogP contribution is 1.91. The van der Waals surface area contributed by atoms with E-state index in [4.69, 9.17) is 5.11 Å². The molecular formula is C13H33NO. The summed E-state index contributed by atoms with van der Waals surface area (Å²) in [5.41, 5.74) is 0. The minimum absolute atomic E-state index is 0.292. The Morgan fingerprint density at radius 3 is 1.33 bits per heavy atom. The van der Waals surface area contributed by atoms with Gasteiger partial charge in [-0.05, 0) is 25.9 Å². The molecule has 0 aliphatic rings. The zero-order chi connectivity index (χ0) is 12.5. The van der Waals surface area contributed by atoms with Crippen molar-refractivity contribution in [1.82, 2.24) is 4.90 Å². The molecule has 0 rings (SSSR count). The fourth-order valence-corrected chi connectivity index (χ4v) is 1.11. The molecule has 0 heterocycles. The van der Waals surface area contributed by atoms with E-state index in [1.807, 2.05) is 13.8 Å². The Kier molecular flexibility index (Phi) is 32.0. The van der Waals surface area contributed by atoms with Crippen LogP contribution in [0.4, 0.5) is 0 Å². The van der Waals surface area contributed by atoms with Crippen LogP contribution in [0.2, 0.25) is 0 Å². The molecule has 15 heavy (non-hydrogen) atoms. The van der Waals surface area contributed by atoms with Gasteiger partial charge in [0, 0.05) is 6.54 Å². The summed E-state index contributed by atoms with van der Waals surface area (Å²) in [6.45, 7) is 15.9. The summed E-state index contributed by atoms with van der Waals surface area (Å²) in [5.74, 6) is 0. The van der Waals surface area contributed by atoms with Gasteiger partial charge in [-0.1, -0.05) is 48.0 Å². The fraction of sp³-hybridized carbons (Fsp3) is 1.00. The van der Waals surface area contributed by atoms with Crippen LogP contribution in [0, 0.1) is 0 Å². The SMILES string of the molecule is CC.CCC.CCCN(CCC)CCO. The summed E-state index contributed by atoms with van der Waals surface area (Å²) >= 11 is 0. The topological polar surface area (TPSA) is 23.5 Å². The molecule has 0 aliphatic carbocycles. The van der Waals surface area contributed by atoms with Crippen LogP contribution in [0.15, 0.2) is 0 Å². The van der Waals surface area contributed by atoms with Gasteiger partial charge >= 0.3 is 0 Å². The summed E-state index contributed by atoms with van der Waals surface area (Å²) in [4.78, 5) is 2.29. The highest BCUT2D eigenvalue weighted by molar-refractivity contribution is 4.53. The Labute approximate surface area is 97.7 Å². The van der Waals surface area contributed by atoms with Gasteiger partial charge in [0.1, 0.15) is 0 Å². The van der Waals surface area contributed by atoms with E-state index >= 15 is 0 Å². The Bertz CT molecular complexity index is 62.7. The molecule has 0 saturated heterocycles. The lowest BCUT2D eigenvalue weighted by Crippen LogP contribution is -2.28. The molecule has 0 aromatic heterocycles. The van der Waals surface area contributed by atoms with Crippen molar-refractivity contribution in [2.24, 2.45) is 0 Å². The zero-order valence-corrected chi connectivity index (χ0v) is 11.8. The van der Waals surface area contributed by atoms with Gasteiger partial charge in [0.15, 0.2) is 0 Å². The van der Waals surface area contributed by atoms with Crippen LogP contribution in [-0.2, 0) is 0 Å². The van der Waals surface area contributed by atoms with Crippen molar-refractivity contribution in [3.05, 3.63) is 0 Å². The second-order valence-corrected chi connectivity index (χ2v) is 3.27. The third-order valence-corrected chi connectivity index (χ3v) is 1.50. The Balaban J connectivity index is -0.000000245. The highest BCUT2D eigenvalue weighted by Gasteiger charge is 1.98. The molecule has 0 radical (unpaired) electrons. The average Bonchev–Trinajstić information content (AvgIpc) is 2.23. The summed E-state index contributed by atoms with van der Waals surface area (Å²) in [5, 5.41) is 8.65. The molecule has 0 bridgehead atoms. The summed E-state index contributed by atoms with van der Waals surface area (Å²) in [6, 6.07) is 0. The molecule has 2 heteroatoms. The number of aliphatic hydroxyl groups excluding tert-OH is 1. The predicted octanol–water partition coefficient (Wildman–Crippen LogP) is 3.54. The summed E-state index contributed by atoms with van der Waals surface area (Å²) in [6.07, 6.45) is 3.61. The van der Waals surface area contributed by atoms with Crippen LogP contribution in [0.5, 0.6) is 0 Å². The van der Waals surface area contributed by atoms with Crippen molar-refractivity contribution >= 4 is 0 Å².